The molecule has 6 nitrogen and oxygen atoms in total. The minimum Gasteiger partial charge on any atom is -0.444 e. The lowest BCUT2D eigenvalue weighted by Crippen LogP contribution is -2.53. The van der Waals surface area contributed by atoms with Crippen molar-refractivity contribution in [1.82, 2.24) is 9.80 Å². The number of hydrogen-bond donors (Lipinski definition) is 1. The Morgan fingerprint density at radius 3 is 2.28 bits per heavy atom. The van der Waals surface area contributed by atoms with Gasteiger partial charge in [0.1, 0.15) is 5.60 Å². The number of piperazine rings is 1. The molecular formula is C19H30N4O2. The van der Waals surface area contributed by atoms with Crippen LogP contribution in [0.25, 0.3) is 0 Å². The minimum atomic E-state index is -0.470. The zero-order valence-electron chi connectivity index (χ0n) is 15.7. The van der Waals surface area contributed by atoms with Crippen LogP contribution < -0.4 is 5.73 Å². The number of amides is 1. The summed E-state index contributed by atoms with van der Waals surface area (Å²) in [5.74, 6) is 0.870. The number of nitrogens with two attached hydrogens (primary N) is 1. The molecule has 25 heavy (non-hydrogen) atoms. The molecule has 2 rings (SSSR count). The smallest absolute Gasteiger partial charge is 0.410 e. The number of rotatable bonds is 3. The van der Waals surface area contributed by atoms with Crippen molar-refractivity contribution in [3.05, 3.63) is 35.9 Å². The Hall–Kier alpha value is -2.24. The summed E-state index contributed by atoms with van der Waals surface area (Å²) >= 11 is 0. The Morgan fingerprint density at radius 1 is 1.16 bits per heavy atom. The van der Waals surface area contributed by atoms with Gasteiger partial charge in [-0.2, -0.15) is 0 Å². The monoisotopic (exact) mass is 346 g/mol. The molecule has 1 atom stereocenters. The maximum atomic E-state index is 12.1. The number of benzene rings is 1. The van der Waals surface area contributed by atoms with Gasteiger partial charge in [-0.25, -0.2) is 4.79 Å². The van der Waals surface area contributed by atoms with Gasteiger partial charge in [0.05, 0.1) is 0 Å². The van der Waals surface area contributed by atoms with E-state index < -0.39 is 5.60 Å². The number of ether oxygens (including phenoxy) is 1. The van der Waals surface area contributed by atoms with E-state index in [-0.39, 0.29) is 6.09 Å². The second-order valence-corrected chi connectivity index (χ2v) is 7.47. The van der Waals surface area contributed by atoms with Crippen LogP contribution >= 0.6 is 0 Å². The molecule has 0 bridgehead atoms. The lowest BCUT2D eigenvalue weighted by Gasteiger charge is -2.36. The second-order valence-electron chi connectivity index (χ2n) is 7.47. The third-order valence-electron chi connectivity index (χ3n) is 4.15. The molecule has 1 amide bonds. The third-order valence-corrected chi connectivity index (χ3v) is 4.15. The largest absolute Gasteiger partial charge is 0.444 e. The van der Waals surface area contributed by atoms with Crippen LogP contribution in [-0.4, -0.2) is 60.2 Å². The molecule has 0 aromatic heterocycles. The van der Waals surface area contributed by atoms with Gasteiger partial charge in [-0.1, -0.05) is 37.3 Å². The highest BCUT2D eigenvalue weighted by Crippen LogP contribution is 2.15. The van der Waals surface area contributed by atoms with Gasteiger partial charge in [0.2, 0.25) is 0 Å². The number of hydrogen-bond acceptors (Lipinski definition) is 3. The van der Waals surface area contributed by atoms with Crippen LogP contribution in [0.2, 0.25) is 0 Å². The Kier molecular flexibility index (Phi) is 6.28. The normalized spacial score (nSPS) is 17.4. The number of carbonyl (C=O) groups is 1. The van der Waals surface area contributed by atoms with Crippen molar-refractivity contribution < 1.29 is 9.53 Å². The highest BCUT2D eigenvalue weighted by molar-refractivity contribution is 5.78. The average Bonchev–Trinajstić information content (AvgIpc) is 2.58. The van der Waals surface area contributed by atoms with E-state index in [1.165, 1.54) is 5.56 Å². The zero-order valence-corrected chi connectivity index (χ0v) is 15.7. The summed E-state index contributed by atoms with van der Waals surface area (Å²) in [6, 6.07) is 10.3. The van der Waals surface area contributed by atoms with Crippen LogP contribution in [-0.2, 0) is 4.74 Å². The molecule has 1 aliphatic heterocycles. The van der Waals surface area contributed by atoms with E-state index in [0.29, 0.717) is 44.6 Å². The summed E-state index contributed by atoms with van der Waals surface area (Å²) in [7, 11) is 0. The molecule has 1 heterocycles. The number of aliphatic imine (C=N–C) groups is 1. The average molecular weight is 346 g/mol. The lowest BCUT2D eigenvalue weighted by atomic mass is 10.0. The van der Waals surface area contributed by atoms with E-state index in [1.807, 2.05) is 43.9 Å². The molecule has 2 N–H and O–H groups in total. The summed E-state index contributed by atoms with van der Waals surface area (Å²) in [4.78, 5) is 20.4. The van der Waals surface area contributed by atoms with E-state index in [2.05, 4.69) is 24.0 Å². The summed E-state index contributed by atoms with van der Waals surface area (Å²) in [6.07, 6.45) is -0.264. The fourth-order valence-corrected chi connectivity index (χ4v) is 2.66. The molecular weight excluding hydrogens is 316 g/mol. The fraction of sp³-hybridized carbons (Fsp3) is 0.579. The van der Waals surface area contributed by atoms with Gasteiger partial charge in [0, 0.05) is 38.6 Å². The topological polar surface area (TPSA) is 71.2 Å². The predicted octanol–water partition coefficient (Wildman–Crippen LogP) is 2.66. The summed E-state index contributed by atoms with van der Waals surface area (Å²) in [6.45, 7) is 11.0. The minimum absolute atomic E-state index is 0.264. The van der Waals surface area contributed by atoms with Gasteiger partial charge in [0.15, 0.2) is 5.96 Å². The predicted molar refractivity (Wildman–Crippen MR) is 101 cm³/mol. The Morgan fingerprint density at radius 2 is 1.72 bits per heavy atom. The first-order valence-electron chi connectivity index (χ1n) is 8.84. The van der Waals surface area contributed by atoms with Crippen LogP contribution in [0, 0.1) is 0 Å². The van der Waals surface area contributed by atoms with Crippen LogP contribution in [0.4, 0.5) is 4.79 Å². The van der Waals surface area contributed by atoms with Crippen LogP contribution in [0.15, 0.2) is 35.3 Å². The SMILES string of the molecule is CC(CN=C(N)N1CCN(C(=O)OC(C)(C)C)CC1)c1ccccc1. The molecule has 1 aliphatic rings. The van der Waals surface area contributed by atoms with Crippen LogP contribution in [0.1, 0.15) is 39.2 Å². The van der Waals surface area contributed by atoms with Crippen molar-refractivity contribution in [1.29, 1.82) is 0 Å². The standard InChI is InChI=1S/C19H30N4O2/c1-15(16-8-6-5-7-9-16)14-21-17(20)22-10-12-23(13-11-22)18(24)25-19(2,3)4/h5-9,15H,10-14H2,1-4H3,(H2,20,21). The van der Waals surface area contributed by atoms with Gasteiger partial charge in [-0.3, -0.25) is 4.99 Å². The highest BCUT2D eigenvalue weighted by atomic mass is 16.6. The Balaban J connectivity index is 1.82. The van der Waals surface area contributed by atoms with Crippen molar-refractivity contribution in [2.45, 2.75) is 39.2 Å². The van der Waals surface area contributed by atoms with Gasteiger partial charge in [-0.15, -0.1) is 0 Å². The summed E-state index contributed by atoms with van der Waals surface area (Å²) in [5.41, 5.74) is 6.93. The van der Waals surface area contributed by atoms with E-state index in [9.17, 15) is 4.79 Å². The van der Waals surface area contributed by atoms with E-state index in [0.717, 1.165) is 0 Å². The van der Waals surface area contributed by atoms with E-state index in [1.54, 1.807) is 4.90 Å². The zero-order chi connectivity index (χ0) is 18.4. The number of carbonyl (C=O) groups excluding carboxylic acids is 1. The fourth-order valence-electron chi connectivity index (χ4n) is 2.66. The first kappa shape index (κ1) is 19.1. The Labute approximate surface area is 150 Å². The molecule has 1 aromatic carbocycles. The number of nitrogens with zero attached hydrogens (tertiary/aromatic N) is 3. The molecule has 1 fully saturated rings. The van der Waals surface area contributed by atoms with Crippen molar-refractivity contribution in [3.8, 4) is 0 Å². The van der Waals surface area contributed by atoms with Gasteiger partial charge in [-0.05, 0) is 26.3 Å². The van der Waals surface area contributed by atoms with E-state index >= 15 is 0 Å². The van der Waals surface area contributed by atoms with Crippen LogP contribution in [0.5, 0.6) is 0 Å². The first-order chi connectivity index (χ1) is 11.8. The molecule has 0 aliphatic carbocycles. The highest BCUT2D eigenvalue weighted by Gasteiger charge is 2.26. The maximum absolute atomic E-state index is 12.1. The second kappa shape index (κ2) is 8.23. The Bertz CT molecular complexity index is 587. The molecule has 6 heteroatoms. The first-order valence-corrected chi connectivity index (χ1v) is 8.84. The molecule has 1 unspecified atom stereocenters. The summed E-state index contributed by atoms with van der Waals surface area (Å²) in [5, 5.41) is 0. The lowest BCUT2D eigenvalue weighted by molar-refractivity contribution is 0.0186. The van der Waals surface area contributed by atoms with Gasteiger partial charge < -0.3 is 20.3 Å². The van der Waals surface area contributed by atoms with Crippen molar-refractivity contribution >= 4 is 12.1 Å². The quantitative estimate of drug-likeness (QED) is 0.675. The molecule has 0 spiro atoms. The molecule has 0 saturated carbocycles. The molecule has 138 valence electrons. The van der Waals surface area contributed by atoms with Gasteiger partial charge >= 0.3 is 6.09 Å². The van der Waals surface area contributed by atoms with E-state index in [4.69, 9.17) is 10.5 Å². The third kappa shape index (κ3) is 5.96. The van der Waals surface area contributed by atoms with Gasteiger partial charge in [0.25, 0.3) is 0 Å². The molecule has 1 saturated heterocycles. The number of guanidine groups is 1. The maximum Gasteiger partial charge on any atom is 0.410 e. The van der Waals surface area contributed by atoms with Crippen molar-refractivity contribution in [2.75, 3.05) is 32.7 Å². The van der Waals surface area contributed by atoms with Crippen LogP contribution in [0.3, 0.4) is 0 Å². The molecule has 0 radical (unpaired) electrons. The van der Waals surface area contributed by atoms with Crippen molar-refractivity contribution in [2.24, 2.45) is 10.7 Å². The van der Waals surface area contributed by atoms with Crippen molar-refractivity contribution in [3.63, 3.8) is 0 Å². The molecule has 1 aromatic rings. The summed E-state index contributed by atoms with van der Waals surface area (Å²) < 4.78 is 5.41.